The molecule has 62 valence electrons. The zero-order chi connectivity index (χ0) is 8.55. The molecule has 0 fully saturated rings. The third kappa shape index (κ3) is 0.978. The van der Waals surface area contributed by atoms with Crippen LogP contribution in [0, 0.1) is 0 Å². The fourth-order valence-electron chi connectivity index (χ4n) is 1.31. The van der Waals surface area contributed by atoms with Crippen molar-refractivity contribution in [2.24, 2.45) is 0 Å². The van der Waals surface area contributed by atoms with E-state index < -0.39 is 0 Å². The van der Waals surface area contributed by atoms with Crippen molar-refractivity contribution in [1.82, 2.24) is 14.6 Å². The number of nitrogens with zero attached hydrogens (tertiary/aromatic N) is 3. The van der Waals surface area contributed by atoms with Crippen molar-refractivity contribution in [2.45, 2.75) is 19.8 Å². The quantitative estimate of drug-likeness (QED) is 0.639. The summed E-state index contributed by atoms with van der Waals surface area (Å²) >= 11 is 0. The van der Waals surface area contributed by atoms with E-state index in [1.165, 1.54) is 5.56 Å². The maximum Gasteiger partial charge on any atom is 0.117 e. The molecular formula is C9H11N3. The lowest BCUT2D eigenvalue weighted by Gasteiger charge is -2.00. The fourth-order valence-corrected chi connectivity index (χ4v) is 1.31. The van der Waals surface area contributed by atoms with E-state index in [1.54, 1.807) is 17.0 Å². The minimum atomic E-state index is 0.518. The van der Waals surface area contributed by atoms with Gasteiger partial charge in [-0.3, -0.25) is 0 Å². The van der Waals surface area contributed by atoms with Gasteiger partial charge >= 0.3 is 0 Å². The molecule has 0 aromatic carbocycles. The zero-order valence-electron chi connectivity index (χ0n) is 7.23. The van der Waals surface area contributed by atoms with E-state index in [0.29, 0.717) is 5.92 Å². The van der Waals surface area contributed by atoms with Gasteiger partial charge in [-0.25, -0.2) is 9.50 Å². The molecule has 3 nitrogen and oxygen atoms in total. The molecule has 2 aromatic rings. The molecule has 0 spiro atoms. The second kappa shape index (κ2) is 2.59. The van der Waals surface area contributed by atoms with Gasteiger partial charge in [-0.1, -0.05) is 13.8 Å². The molecule has 0 atom stereocenters. The first-order valence-electron chi connectivity index (χ1n) is 4.06. The van der Waals surface area contributed by atoms with Crippen molar-refractivity contribution in [1.29, 1.82) is 0 Å². The second-order valence-electron chi connectivity index (χ2n) is 3.16. The highest BCUT2D eigenvalue weighted by Crippen LogP contribution is 2.18. The minimum absolute atomic E-state index is 0.518. The van der Waals surface area contributed by atoms with Gasteiger partial charge in [-0.15, -0.1) is 0 Å². The summed E-state index contributed by atoms with van der Waals surface area (Å²) in [5.74, 6) is 0.518. The van der Waals surface area contributed by atoms with Crippen LogP contribution in [-0.4, -0.2) is 14.6 Å². The van der Waals surface area contributed by atoms with Gasteiger partial charge in [-0.2, -0.15) is 5.10 Å². The van der Waals surface area contributed by atoms with Gasteiger partial charge in [0.05, 0.1) is 11.7 Å². The Morgan fingerprint density at radius 1 is 1.42 bits per heavy atom. The van der Waals surface area contributed by atoms with Crippen LogP contribution in [0.15, 0.2) is 24.8 Å². The molecular weight excluding hydrogens is 150 g/mol. The van der Waals surface area contributed by atoms with Crippen LogP contribution in [0.1, 0.15) is 25.3 Å². The second-order valence-corrected chi connectivity index (χ2v) is 3.16. The molecule has 2 heterocycles. The highest BCUT2D eigenvalue weighted by Gasteiger charge is 2.05. The van der Waals surface area contributed by atoms with Gasteiger partial charge < -0.3 is 0 Å². The lowest BCUT2D eigenvalue weighted by atomic mass is 10.1. The molecule has 0 amide bonds. The molecule has 0 saturated carbocycles. The van der Waals surface area contributed by atoms with E-state index >= 15 is 0 Å². The minimum Gasteiger partial charge on any atom is -0.245 e. The molecule has 2 aromatic heterocycles. The summed E-state index contributed by atoms with van der Waals surface area (Å²) in [6.45, 7) is 4.33. The first-order chi connectivity index (χ1) is 5.79. The summed E-state index contributed by atoms with van der Waals surface area (Å²) in [4.78, 5) is 3.99. The van der Waals surface area contributed by atoms with Crippen LogP contribution in [0.25, 0.3) is 5.52 Å². The van der Waals surface area contributed by atoms with Crippen molar-refractivity contribution in [3.63, 3.8) is 0 Å². The van der Waals surface area contributed by atoms with Crippen LogP contribution in [0.3, 0.4) is 0 Å². The molecule has 0 radical (unpaired) electrons. The van der Waals surface area contributed by atoms with E-state index in [9.17, 15) is 0 Å². The number of aromatic nitrogens is 3. The van der Waals surface area contributed by atoms with Gasteiger partial charge in [0.1, 0.15) is 6.33 Å². The molecule has 3 heteroatoms. The molecule has 0 saturated heterocycles. The van der Waals surface area contributed by atoms with Crippen molar-refractivity contribution in [3.05, 3.63) is 30.4 Å². The monoisotopic (exact) mass is 161 g/mol. The Balaban J connectivity index is 2.70. The molecule has 12 heavy (non-hydrogen) atoms. The normalized spacial score (nSPS) is 11.2. The Hall–Kier alpha value is -1.38. The van der Waals surface area contributed by atoms with Gasteiger partial charge in [0, 0.05) is 11.8 Å². The molecule has 0 aliphatic carbocycles. The van der Waals surface area contributed by atoms with Crippen LogP contribution < -0.4 is 0 Å². The van der Waals surface area contributed by atoms with Crippen LogP contribution >= 0.6 is 0 Å². The number of fused-ring (bicyclic) bond motifs is 1. The smallest absolute Gasteiger partial charge is 0.117 e. The van der Waals surface area contributed by atoms with Gasteiger partial charge in [0.15, 0.2) is 0 Å². The molecule has 0 N–H and O–H groups in total. The van der Waals surface area contributed by atoms with E-state index in [4.69, 9.17) is 0 Å². The molecule has 2 rings (SSSR count). The summed E-state index contributed by atoms with van der Waals surface area (Å²) in [5, 5.41) is 4.19. The van der Waals surface area contributed by atoms with E-state index in [1.807, 2.05) is 12.3 Å². The standard InChI is InChI=1S/C9H11N3/c1-7(2)8-5-11-12-6-10-4-3-9(8)12/h3-7H,1-2H3. The summed E-state index contributed by atoms with van der Waals surface area (Å²) in [6.07, 6.45) is 5.42. The first kappa shape index (κ1) is 7.28. The molecule has 0 unspecified atom stereocenters. The summed E-state index contributed by atoms with van der Waals surface area (Å²) in [6, 6.07) is 1.99. The first-order valence-corrected chi connectivity index (χ1v) is 4.06. The van der Waals surface area contributed by atoms with Crippen molar-refractivity contribution < 1.29 is 0 Å². The third-order valence-corrected chi connectivity index (χ3v) is 1.98. The van der Waals surface area contributed by atoms with Crippen LogP contribution in [0.5, 0.6) is 0 Å². The zero-order valence-corrected chi connectivity index (χ0v) is 7.23. The third-order valence-electron chi connectivity index (χ3n) is 1.98. The average Bonchev–Trinajstić information content (AvgIpc) is 2.47. The number of hydrogen-bond acceptors (Lipinski definition) is 2. The predicted molar refractivity (Wildman–Crippen MR) is 47.1 cm³/mol. The van der Waals surface area contributed by atoms with Crippen molar-refractivity contribution in [3.8, 4) is 0 Å². The van der Waals surface area contributed by atoms with Crippen molar-refractivity contribution in [2.75, 3.05) is 0 Å². The summed E-state index contributed by atoms with van der Waals surface area (Å²) in [7, 11) is 0. The Kier molecular flexibility index (Phi) is 1.57. The highest BCUT2D eigenvalue weighted by molar-refractivity contribution is 5.53. The van der Waals surface area contributed by atoms with Crippen molar-refractivity contribution >= 4 is 5.52 Å². The lowest BCUT2D eigenvalue weighted by molar-refractivity contribution is 0.875. The van der Waals surface area contributed by atoms with E-state index in [2.05, 4.69) is 23.9 Å². The number of rotatable bonds is 1. The van der Waals surface area contributed by atoms with Crippen LogP contribution in [0.4, 0.5) is 0 Å². The molecule has 0 aliphatic heterocycles. The Bertz CT molecular complexity index is 389. The molecule has 0 bridgehead atoms. The summed E-state index contributed by atoms with van der Waals surface area (Å²) < 4.78 is 1.80. The lowest BCUT2D eigenvalue weighted by Crippen LogP contribution is -1.89. The van der Waals surface area contributed by atoms with Gasteiger partial charge in [0.2, 0.25) is 0 Å². The van der Waals surface area contributed by atoms with Gasteiger partial charge in [-0.05, 0) is 12.0 Å². The maximum atomic E-state index is 4.19. The summed E-state index contributed by atoms with van der Waals surface area (Å²) in [5.41, 5.74) is 2.43. The Morgan fingerprint density at radius 3 is 3.00 bits per heavy atom. The molecule has 0 aliphatic rings. The fraction of sp³-hybridized carbons (Fsp3) is 0.333. The predicted octanol–water partition coefficient (Wildman–Crippen LogP) is 1.85. The topological polar surface area (TPSA) is 30.2 Å². The highest BCUT2D eigenvalue weighted by atomic mass is 15.2. The number of hydrogen-bond donors (Lipinski definition) is 0. The maximum absolute atomic E-state index is 4.19. The average molecular weight is 161 g/mol. The Morgan fingerprint density at radius 2 is 2.25 bits per heavy atom. The van der Waals surface area contributed by atoms with Gasteiger partial charge in [0.25, 0.3) is 0 Å². The Labute approximate surface area is 71.1 Å². The van der Waals surface area contributed by atoms with Crippen LogP contribution in [0.2, 0.25) is 0 Å². The largest absolute Gasteiger partial charge is 0.245 e. The van der Waals surface area contributed by atoms with E-state index in [0.717, 1.165) is 5.52 Å². The van der Waals surface area contributed by atoms with Crippen LogP contribution in [-0.2, 0) is 0 Å². The van der Waals surface area contributed by atoms with E-state index in [-0.39, 0.29) is 0 Å². The SMILES string of the molecule is CC(C)c1cnn2cnccc12.